The molecule has 0 aliphatic carbocycles. The molecule has 6 N–H and O–H groups in total. The third kappa shape index (κ3) is 10.8. The lowest BCUT2D eigenvalue weighted by molar-refractivity contribution is -0.338. The summed E-state index contributed by atoms with van der Waals surface area (Å²) in [4.78, 5) is 16.2. The molecule has 55 heavy (non-hydrogen) atoms. The fourth-order valence-electron chi connectivity index (χ4n) is 9.33. The molecule has 3 rings (SSSR count). The van der Waals surface area contributed by atoms with Crippen LogP contribution in [0.3, 0.4) is 0 Å². The number of unbranched alkanes of at least 4 members (excludes halogenated alkanes) is 1. The Kier molecular flexibility index (Phi) is 17.0. The number of aliphatic hydroxyl groups is 5. The van der Waals surface area contributed by atoms with Crippen LogP contribution in [-0.4, -0.2) is 154 Å². The van der Waals surface area contributed by atoms with Crippen LogP contribution in [0.2, 0.25) is 0 Å². The molecule has 0 saturated carbocycles. The lowest BCUT2D eigenvalue weighted by atomic mass is 9.72. The Morgan fingerprint density at radius 2 is 1.58 bits per heavy atom. The number of esters is 1. The number of cyclic esters (lactones) is 1. The second-order valence-corrected chi connectivity index (χ2v) is 18.1. The maximum absolute atomic E-state index is 14.3. The van der Waals surface area contributed by atoms with E-state index in [4.69, 9.17) is 28.4 Å². The summed E-state index contributed by atoms with van der Waals surface area (Å²) in [6, 6.07) is -0.867. The van der Waals surface area contributed by atoms with Gasteiger partial charge in [-0.1, -0.05) is 40.5 Å². The molecule has 0 aromatic rings. The van der Waals surface area contributed by atoms with Crippen LogP contribution in [0.25, 0.3) is 0 Å². The Hall–Kier alpha value is -1.01. The van der Waals surface area contributed by atoms with E-state index in [0.717, 1.165) is 12.8 Å². The Labute approximate surface area is 330 Å². The quantitative estimate of drug-likeness (QED) is 0.177. The van der Waals surface area contributed by atoms with Crippen LogP contribution in [0.4, 0.5) is 0 Å². The third-order valence-corrected chi connectivity index (χ3v) is 13.1. The lowest BCUT2D eigenvalue weighted by Gasteiger charge is -2.54. The molecule has 0 aromatic carbocycles. The first kappa shape index (κ1) is 48.4. The van der Waals surface area contributed by atoms with Gasteiger partial charge < -0.3 is 64.2 Å². The first-order chi connectivity index (χ1) is 25.4. The van der Waals surface area contributed by atoms with E-state index in [-0.39, 0.29) is 37.3 Å². The van der Waals surface area contributed by atoms with Crippen LogP contribution in [0.1, 0.15) is 121 Å². The van der Waals surface area contributed by atoms with E-state index in [1.165, 1.54) is 6.92 Å². The number of nitrogens with one attached hydrogen (secondary N) is 1. The number of hydrogen-bond acceptors (Lipinski definition) is 14. The first-order valence-electron chi connectivity index (χ1n) is 20.7. The molecule has 3 aliphatic heterocycles. The average Bonchev–Trinajstić information content (AvgIpc) is 3.11. The van der Waals surface area contributed by atoms with Gasteiger partial charge in [0.25, 0.3) is 0 Å². The van der Waals surface area contributed by atoms with Gasteiger partial charge >= 0.3 is 5.97 Å². The molecule has 14 nitrogen and oxygen atoms in total. The molecule has 14 heteroatoms. The summed E-state index contributed by atoms with van der Waals surface area (Å²) >= 11 is 0. The molecule has 0 spiro atoms. The van der Waals surface area contributed by atoms with Gasteiger partial charge in [-0.15, -0.1) is 0 Å². The average molecular weight is 791 g/mol. The minimum Gasteiger partial charge on any atom is -0.459 e. The van der Waals surface area contributed by atoms with Crippen molar-refractivity contribution in [2.75, 3.05) is 27.7 Å². The normalized spacial score (nSPS) is 48.5. The van der Waals surface area contributed by atoms with Gasteiger partial charge in [0, 0.05) is 31.5 Å². The van der Waals surface area contributed by atoms with Crippen molar-refractivity contribution in [2.24, 2.45) is 17.8 Å². The second-order valence-electron chi connectivity index (χ2n) is 18.1. The van der Waals surface area contributed by atoms with Gasteiger partial charge in [0.05, 0.1) is 35.9 Å². The largest absolute Gasteiger partial charge is 0.459 e. The summed E-state index contributed by atoms with van der Waals surface area (Å²) in [6.45, 7) is 20.1. The Bertz CT molecular complexity index is 1210. The smallest absolute Gasteiger partial charge is 0.311 e. The number of carbonyl (C=O) groups excluding carboxylic acids is 1. The van der Waals surface area contributed by atoms with Gasteiger partial charge in [0.1, 0.15) is 35.1 Å². The fraction of sp³-hybridized carbons (Fsp3) is 0.976. The molecule has 0 bridgehead atoms. The van der Waals surface area contributed by atoms with Crippen LogP contribution < -0.4 is 5.32 Å². The highest BCUT2D eigenvalue weighted by Gasteiger charge is 2.58. The van der Waals surface area contributed by atoms with E-state index in [9.17, 15) is 30.3 Å². The second kappa shape index (κ2) is 19.4. The molecular weight excluding hydrogens is 712 g/mol. The molecule has 0 amide bonds. The standard InChI is InChI=1S/C41H78N2O12/c1-15-17-18-41(49)28(8)52-31(21-39(41,10)50-14)54-33-25(5)35(55-37-32(44)29(43(12)13)19-24(4)51-37)38(9,47)20-23(3)22-42-27(7)34(45)40(11,48)30(16-2)53-36(46)26(33)6/h23-35,37,42,44-45,47-49H,15-22H2,1-14H3/t23-,24-,25+,26-,27-,28+,29+,30-,31+,32-,33+,34-,35-,37+,38-,39-,40-,41-/m1/s1. The summed E-state index contributed by atoms with van der Waals surface area (Å²) in [5, 5.41) is 62.4. The molecule has 0 aromatic heterocycles. The van der Waals surface area contributed by atoms with E-state index in [0.29, 0.717) is 19.4 Å². The number of rotatable bonds is 10. The van der Waals surface area contributed by atoms with Crippen molar-refractivity contribution in [1.82, 2.24) is 10.2 Å². The number of carbonyl (C=O) groups is 1. The lowest BCUT2D eigenvalue weighted by Crippen LogP contribution is -2.66. The summed E-state index contributed by atoms with van der Waals surface area (Å²) in [6.07, 6.45) is -5.29. The summed E-state index contributed by atoms with van der Waals surface area (Å²) < 4.78 is 38.3. The Morgan fingerprint density at radius 1 is 0.945 bits per heavy atom. The van der Waals surface area contributed by atoms with Crippen LogP contribution >= 0.6 is 0 Å². The zero-order chi connectivity index (χ0) is 41.8. The molecule has 3 fully saturated rings. The topological polar surface area (TPSA) is 189 Å². The maximum atomic E-state index is 14.3. The number of aliphatic hydroxyl groups excluding tert-OH is 2. The summed E-state index contributed by atoms with van der Waals surface area (Å²) in [7, 11) is 5.33. The minimum atomic E-state index is -1.81. The fourth-order valence-corrected chi connectivity index (χ4v) is 9.33. The summed E-state index contributed by atoms with van der Waals surface area (Å²) in [5.74, 6) is -2.62. The number of hydrogen-bond donors (Lipinski definition) is 6. The first-order valence-corrected chi connectivity index (χ1v) is 20.7. The van der Waals surface area contributed by atoms with Gasteiger partial charge in [-0.3, -0.25) is 4.79 Å². The van der Waals surface area contributed by atoms with Crippen molar-refractivity contribution < 1.29 is 58.7 Å². The van der Waals surface area contributed by atoms with Crippen molar-refractivity contribution >= 4 is 5.97 Å². The van der Waals surface area contributed by atoms with Gasteiger partial charge in [-0.2, -0.15) is 0 Å². The van der Waals surface area contributed by atoms with Crippen LogP contribution in [-0.2, 0) is 33.2 Å². The number of methoxy groups -OCH3 is 1. The van der Waals surface area contributed by atoms with Gasteiger partial charge in [-0.25, -0.2) is 0 Å². The SMILES string of the molecule is CCCC[C@@]1(O)[C@H](C)O[C@@H](O[C@H]2[C@H](C)[C@@H](O[C@@H]3O[C@H](C)C[C@H](N(C)C)[C@H]3O)[C@](C)(O)C[C@@H](C)CN[C@H](C)[C@@H](O)[C@](C)(O)[C@@H](CC)OC(=O)[C@@H]2C)C[C@@]1(C)OC. The van der Waals surface area contributed by atoms with E-state index >= 15 is 0 Å². The highest BCUT2D eigenvalue weighted by Crippen LogP contribution is 2.45. The molecule has 3 heterocycles. The molecule has 3 saturated heterocycles. The van der Waals surface area contributed by atoms with E-state index < -0.39 is 95.5 Å². The Morgan fingerprint density at radius 3 is 2.15 bits per heavy atom. The number of ether oxygens (including phenoxy) is 6. The van der Waals surface area contributed by atoms with E-state index in [2.05, 4.69) is 12.2 Å². The molecule has 324 valence electrons. The Balaban J connectivity index is 2.17. The minimum absolute atomic E-state index is 0.131. The van der Waals surface area contributed by atoms with E-state index in [1.807, 2.05) is 46.7 Å². The monoisotopic (exact) mass is 791 g/mol. The highest BCUT2D eigenvalue weighted by atomic mass is 16.7. The predicted molar refractivity (Wildman–Crippen MR) is 208 cm³/mol. The molecule has 0 radical (unpaired) electrons. The highest BCUT2D eigenvalue weighted by molar-refractivity contribution is 5.73. The molecule has 3 aliphatic rings. The zero-order valence-corrected chi connectivity index (χ0v) is 36.3. The van der Waals surface area contributed by atoms with Gasteiger partial charge in [0.2, 0.25) is 0 Å². The van der Waals surface area contributed by atoms with Crippen molar-refractivity contribution in [3.05, 3.63) is 0 Å². The molecule has 0 unspecified atom stereocenters. The van der Waals surface area contributed by atoms with Crippen molar-refractivity contribution in [1.29, 1.82) is 0 Å². The van der Waals surface area contributed by atoms with Crippen LogP contribution in [0.5, 0.6) is 0 Å². The molecule has 18 atom stereocenters. The van der Waals surface area contributed by atoms with Gasteiger partial charge in [-0.05, 0) is 101 Å². The van der Waals surface area contributed by atoms with Gasteiger partial charge in [0.15, 0.2) is 12.6 Å². The molecular formula is C41H78N2O12. The predicted octanol–water partition coefficient (Wildman–Crippen LogP) is 3.12. The zero-order valence-electron chi connectivity index (χ0n) is 36.3. The number of nitrogens with zero attached hydrogens (tertiary/aromatic N) is 1. The summed E-state index contributed by atoms with van der Waals surface area (Å²) in [5.41, 5.74) is -5.76. The van der Waals surface area contributed by atoms with Crippen LogP contribution in [0, 0.1) is 17.8 Å². The number of likely N-dealkylation sites (N-methyl/N-ethyl adjacent to an activating group) is 1. The van der Waals surface area contributed by atoms with Crippen molar-refractivity contribution in [3.8, 4) is 0 Å². The maximum Gasteiger partial charge on any atom is 0.311 e. The third-order valence-electron chi connectivity index (χ3n) is 13.1. The van der Waals surface area contributed by atoms with Crippen molar-refractivity contribution in [3.63, 3.8) is 0 Å². The van der Waals surface area contributed by atoms with E-state index in [1.54, 1.807) is 41.7 Å². The van der Waals surface area contributed by atoms with Crippen LogP contribution in [0.15, 0.2) is 0 Å². The van der Waals surface area contributed by atoms with Crippen molar-refractivity contribution in [2.45, 2.75) is 211 Å².